The zero-order valence-electron chi connectivity index (χ0n) is 16.3. The Balaban J connectivity index is 1.58. The zero-order valence-corrected chi connectivity index (χ0v) is 17.8. The predicted octanol–water partition coefficient (Wildman–Crippen LogP) is 4.12. The van der Waals surface area contributed by atoms with E-state index < -0.39 is 10.0 Å². The lowest BCUT2D eigenvalue weighted by Crippen LogP contribution is -2.25. The monoisotopic (exact) mass is 444 g/mol. The normalized spacial score (nSPS) is 11.0. The van der Waals surface area contributed by atoms with E-state index >= 15 is 0 Å². The Kier molecular flexibility index (Phi) is 6.97. The van der Waals surface area contributed by atoms with Crippen LogP contribution in [0.3, 0.4) is 0 Å². The van der Waals surface area contributed by atoms with Crippen molar-refractivity contribution in [3.63, 3.8) is 0 Å². The van der Waals surface area contributed by atoms with Gasteiger partial charge in [0.2, 0.25) is 0 Å². The van der Waals surface area contributed by atoms with Gasteiger partial charge in [-0.1, -0.05) is 23.7 Å². The minimum Gasteiger partial charge on any atom is -0.497 e. The molecule has 1 amide bonds. The number of nitrogens with one attached hydrogen (secondary N) is 2. The molecular weight excluding hydrogens is 424 g/mol. The van der Waals surface area contributed by atoms with Gasteiger partial charge in [-0.3, -0.25) is 9.52 Å². The van der Waals surface area contributed by atoms with Gasteiger partial charge < -0.3 is 10.1 Å². The molecule has 0 atom stereocenters. The Labute approximate surface area is 180 Å². The Morgan fingerprint density at radius 3 is 2.17 bits per heavy atom. The molecule has 0 aliphatic heterocycles. The van der Waals surface area contributed by atoms with E-state index in [0.717, 1.165) is 5.56 Å². The molecule has 8 heteroatoms. The van der Waals surface area contributed by atoms with Gasteiger partial charge in [0.05, 0.1) is 12.0 Å². The molecule has 3 aromatic rings. The van der Waals surface area contributed by atoms with Crippen LogP contribution in [-0.2, 0) is 16.4 Å². The summed E-state index contributed by atoms with van der Waals surface area (Å²) in [5.41, 5.74) is 1.86. The predicted molar refractivity (Wildman–Crippen MR) is 118 cm³/mol. The molecule has 156 valence electrons. The minimum absolute atomic E-state index is 0.0658. The van der Waals surface area contributed by atoms with Crippen molar-refractivity contribution in [2.24, 2.45) is 0 Å². The summed E-state index contributed by atoms with van der Waals surface area (Å²) in [5, 5.41) is 3.49. The van der Waals surface area contributed by atoms with Crippen molar-refractivity contribution >= 4 is 33.2 Å². The summed E-state index contributed by atoms with van der Waals surface area (Å²) < 4.78 is 32.6. The number of benzene rings is 3. The van der Waals surface area contributed by atoms with E-state index in [4.69, 9.17) is 16.3 Å². The number of halogens is 1. The van der Waals surface area contributed by atoms with E-state index in [2.05, 4.69) is 10.0 Å². The molecule has 0 heterocycles. The second-order valence-electron chi connectivity index (χ2n) is 6.49. The summed E-state index contributed by atoms with van der Waals surface area (Å²) in [6, 6.07) is 19.7. The first-order chi connectivity index (χ1) is 14.4. The number of ether oxygens (including phenoxy) is 1. The van der Waals surface area contributed by atoms with Gasteiger partial charge in [0.1, 0.15) is 5.75 Å². The van der Waals surface area contributed by atoms with Gasteiger partial charge in [-0.25, -0.2) is 8.42 Å². The van der Waals surface area contributed by atoms with E-state index in [9.17, 15) is 13.2 Å². The van der Waals surface area contributed by atoms with Gasteiger partial charge in [0.15, 0.2) is 0 Å². The fraction of sp³-hybridized carbons (Fsp3) is 0.136. The van der Waals surface area contributed by atoms with Crippen LogP contribution in [0.5, 0.6) is 5.75 Å². The second-order valence-corrected chi connectivity index (χ2v) is 8.61. The highest BCUT2D eigenvalue weighted by atomic mass is 35.5. The largest absolute Gasteiger partial charge is 0.497 e. The number of rotatable bonds is 8. The van der Waals surface area contributed by atoms with Gasteiger partial charge in [-0.15, -0.1) is 0 Å². The van der Waals surface area contributed by atoms with E-state index in [-0.39, 0.29) is 10.8 Å². The average Bonchev–Trinajstić information content (AvgIpc) is 2.75. The van der Waals surface area contributed by atoms with Crippen molar-refractivity contribution in [2.75, 3.05) is 18.4 Å². The molecule has 3 rings (SSSR count). The van der Waals surface area contributed by atoms with Crippen molar-refractivity contribution in [1.29, 1.82) is 0 Å². The number of carbonyl (C=O) groups excluding carboxylic acids is 1. The summed E-state index contributed by atoms with van der Waals surface area (Å²) in [5.74, 6) is 0.361. The molecule has 0 radical (unpaired) electrons. The van der Waals surface area contributed by atoms with E-state index in [1.807, 2.05) is 12.1 Å². The zero-order chi connectivity index (χ0) is 21.6. The number of methoxy groups -OCH3 is 1. The number of hydrogen-bond donors (Lipinski definition) is 2. The van der Waals surface area contributed by atoms with Crippen molar-refractivity contribution in [3.8, 4) is 5.75 Å². The third kappa shape index (κ3) is 5.75. The van der Waals surface area contributed by atoms with Gasteiger partial charge in [0.25, 0.3) is 15.9 Å². The Hall–Kier alpha value is -3.03. The van der Waals surface area contributed by atoms with Crippen LogP contribution < -0.4 is 14.8 Å². The molecule has 0 bridgehead atoms. The maximum atomic E-state index is 12.5. The van der Waals surface area contributed by atoms with Crippen molar-refractivity contribution < 1.29 is 17.9 Å². The summed E-state index contributed by atoms with van der Waals surface area (Å²) in [7, 11) is -2.23. The molecule has 0 saturated carbocycles. The van der Waals surface area contributed by atoms with E-state index in [1.54, 1.807) is 36.4 Å². The van der Waals surface area contributed by atoms with Crippen LogP contribution in [0, 0.1) is 0 Å². The standard InChI is InChI=1S/C22H21ClN2O4S/c1-29-20-10-8-19(9-11-20)25-30(27,28)21-12-4-17(5-13-21)22(26)24-15-14-16-2-6-18(23)7-3-16/h2-13,25H,14-15H2,1H3,(H,24,26). The lowest BCUT2D eigenvalue weighted by atomic mass is 10.1. The topological polar surface area (TPSA) is 84.5 Å². The fourth-order valence-corrected chi connectivity index (χ4v) is 3.92. The van der Waals surface area contributed by atoms with Gasteiger partial charge >= 0.3 is 0 Å². The third-order valence-corrected chi connectivity index (χ3v) is 6.03. The molecule has 2 N–H and O–H groups in total. The lowest BCUT2D eigenvalue weighted by Gasteiger charge is -2.10. The minimum atomic E-state index is -3.77. The molecular formula is C22H21ClN2O4S. The van der Waals surface area contributed by atoms with Crippen LogP contribution in [-0.4, -0.2) is 28.0 Å². The van der Waals surface area contributed by atoms with Crippen LogP contribution in [0.2, 0.25) is 5.02 Å². The van der Waals surface area contributed by atoms with Crippen LogP contribution in [0.1, 0.15) is 15.9 Å². The van der Waals surface area contributed by atoms with Crippen molar-refractivity contribution in [1.82, 2.24) is 5.32 Å². The summed E-state index contributed by atoms with van der Waals surface area (Å²) >= 11 is 5.86. The van der Waals surface area contributed by atoms with E-state index in [0.29, 0.717) is 35.0 Å². The van der Waals surface area contributed by atoms with Crippen LogP contribution in [0.4, 0.5) is 5.69 Å². The highest BCUT2D eigenvalue weighted by Crippen LogP contribution is 2.19. The lowest BCUT2D eigenvalue weighted by molar-refractivity contribution is 0.0954. The van der Waals surface area contributed by atoms with Crippen LogP contribution in [0.15, 0.2) is 77.7 Å². The Morgan fingerprint density at radius 1 is 0.933 bits per heavy atom. The highest BCUT2D eigenvalue weighted by molar-refractivity contribution is 7.92. The molecule has 0 aromatic heterocycles. The summed E-state index contributed by atoms with van der Waals surface area (Å²) in [6.07, 6.45) is 0.668. The first kappa shape index (κ1) is 21.7. The number of anilines is 1. The SMILES string of the molecule is COc1ccc(NS(=O)(=O)c2ccc(C(=O)NCCc3ccc(Cl)cc3)cc2)cc1. The molecule has 0 spiro atoms. The highest BCUT2D eigenvalue weighted by Gasteiger charge is 2.15. The molecule has 0 saturated heterocycles. The first-order valence-corrected chi connectivity index (χ1v) is 11.0. The second kappa shape index (κ2) is 9.65. The Bertz CT molecular complexity index is 1100. The molecule has 30 heavy (non-hydrogen) atoms. The number of hydrogen-bond acceptors (Lipinski definition) is 4. The average molecular weight is 445 g/mol. The quantitative estimate of drug-likeness (QED) is 0.547. The summed E-state index contributed by atoms with van der Waals surface area (Å²) in [4.78, 5) is 12.4. The third-order valence-electron chi connectivity index (χ3n) is 4.38. The fourth-order valence-electron chi connectivity index (χ4n) is 2.73. The van der Waals surface area contributed by atoms with E-state index in [1.165, 1.54) is 31.4 Å². The number of amides is 1. The molecule has 0 fully saturated rings. The first-order valence-electron chi connectivity index (χ1n) is 9.17. The molecule has 0 unspecified atom stereocenters. The van der Waals surface area contributed by atoms with Crippen LogP contribution >= 0.6 is 11.6 Å². The molecule has 0 aliphatic carbocycles. The Morgan fingerprint density at radius 2 is 1.57 bits per heavy atom. The van der Waals surface area contributed by atoms with Crippen molar-refractivity contribution in [3.05, 3.63) is 88.9 Å². The van der Waals surface area contributed by atoms with Gasteiger partial charge in [-0.2, -0.15) is 0 Å². The van der Waals surface area contributed by atoms with Crippen LogP contribution in [0.25, 0.3) is 0 Å². The molecule has 3 aromatic carbocycles. The maximum Gasteiger partial charge on any atom is 0.261 e. The number of carbonyl (C=O) groups is 1. The smallest absolute Gasteiger partial charge is 0.261 e. The van der Waals surface area contributed by atoms with Gasteiger partial charge in [0, 0.05) is 22.8 Å². The maximum absolute atomic E-state index is 12.5. The van der Waals surface area contributed by atoms with Gasteiger partial charge in [-0.05, 0) is 72.6 Å². The molecule has 6 nitrogen and oxygen atoms in total. The van der Waals surface area contributed by atoms with Crippen molar-refractivity contribution in [2.45, 2.75) is 11.3 Å². The molecule has 0 aliphatic rings. The summed E-state index contributed by atoms with van der Waals surface area (Å²) in [6.45, 7) is 0.458. The number of sulfonamides is 1.